The van der Waals surface area contributed by atoms with E-state index in [1.165, 1.54) is 0 Å². The lowest BCUT2D eigenvalue weighted by Gasteiger charge is -2.31. The summed E-state index contributed by atoms with van der Waals surface area (Å²) in [5.41, 5.74) is -6.71. The summed E-state index contributed by atoms with van der Waals surface area (Å²) in [5.74, 6) is -6.28. The number of nitrogens with one attached hydrogen (secondary N) is 1. The van der Waals surface area contributed by atoms with Gasteiger partial charge in [0.15, 0.2) is 11.6 Å². The molecule has 788 valence electrons. The number of benzene rings is 1. The summed E-state index contributed by atoms with van der Waals surface area (Å²) in [6.07, 6.45) is 2.74. The molecular weight excluding hydrogens is 2140 g/mol. The summed E-state index contributed by atoms with van der Waals surface area (Å²) in [7, 11) is 0. The Morgan fingerprint density at radius 2 is 0.489 bits per heavy atom. The van der Waals surface area contributed by atoms with Crippen molar-refractivity contribution in [2.24, 2.45) is 10.8 Å². The Balaban J connectivity index is 0. The predicted molar refractivity (Wildman–Crippen MR) is 565 cm³/mol. The molecule has 1 amide bonds. The lowest BCUT2D eigenvalue weighted by Crippen LogP contribution is -2.55. The molecule has 1 N–H and O–H groups in total. The maximum absolute atomic E-state index is 12.9. The van der Waals surface area contributed by atoms with Gasteiger partial charge < -0.3 is 66.9 Å². The highest BCUT2D eigenvalue weighted by atomic mass is 32.1. The minimum absolute atomic E-state index is 0.0360. The van der Waals surface area contributed by atoms with E-state index in [1.807, 2.05) is 6.92 Å². The van der Waals surface area contributed by atoms with Gasteiger partial charge in [-0.25, -0.2) is 56.2 Å². The van der Waals surface area contributed by atoms with Gasteiger partial charge in [-0.15, -0.1) is 0 Å². The Morgan fingerprint density at radius 3 is 0.676 bits per heavy atom. The highest BCUT2D eigenvalue weighted by molar-refractivity contribution is 7.83. The molecule has 58 heteroatoms. The highest BCUT2D eigenvalue weighted by Gasteiger charge is 2.39. The average Bonchev–Trinajstić information content (AvgIpc) is 0.805. The smallest absolute Gasteiger partial charge is 0.336 e. The summed E-state index contributed by atoms with van der Waals surface area (Å²) in [6.45, 7) is 2.29. The van der Waals surface area contributed by atoms with Crippen molar-refractivity contribution in [3.05, 3.63) is 97.8 Å². The standard InChI is InChI=1S/C21H33N3O9S3.C18H27N3O9S3.C17H23NO3S3.C13H20O8S4.C12H20O6S3/c1-13(34)10-16(25)31-7-4-22-19(28)23(5-8-32-17(26)11-14(2)35)21(30)24(20(22)29)6-9-33-18(27)12-15(3)36;22-13(1-10-31)28-7-4-19-16(25)20(5-8-29-14(23)2-11-32)18(27)21(17(19)26)6-9-30-15(24)3-12-33;19-15(3-1-6-22)12-9-13(16(20)4-2-7-23)11-14(10-12)17(21)18-5-8-24;14-9(1-22)18-5-13(6-19-10(15)2-23,7-20-11(16)3-24)8-21-12(17)4-25;1-2-12(6-16-9(13)3-19,7-17-10(14)4-20)8-18-11(15)5-21/h13-15,34-36H,4-12H2,1-3H3;31-33H,1-12H2;9-11,22-24H,1-8H2,(H,18,21);22-25H,1-8H2;19-21H,2-8H2,1H3. The SMILES string of the molecule is CC(S)CC(=O)OCCn1c(=O)n(CCOC(=O)CC(C)S)c(=O)n(CCOC(=O)CC(C)S)c1=O.CCC(COC(=O)CS)(COC(=O)CS)COC(=O)CS.O=C(CCCS)c1cc(C(=O)CCCS)cc(C(=O)NCCS)c1.O=C(CCS)OCCn1c(=O)n(CCOC(=O)CCS)c(=O)n(CCOC(=O)CCS)c1=O.O=C(CS)OCC(COC(=O)CS)(COC(=O)CS)COC(=O)CS. The molecule has 0 aliphatic rings. The van der Waals surface area contributed by atoms with Gasteiger partial charge >= 0.3 is 112 Å². The van der Waals surface area contributed by atoms with E-state index in [-0.39, 0.29) is 254 Å². The van der Waals surface area contributed by atoms with E-state index in [4.69, 9.17) is 61.6 Å². The van der Waals surface area contributed by atoms with Gasteiger partial charge in [0.1, 0.15) is 91.3 Å². The number of nitrogens with zero attached hydrogens (tertiary/aromatic N) is 6. The number of Topliss-reactive ketones (excluding diaryl/α,β-unsaturated/α-hetero) is 2. The molecule has 0 aliphatic carbocycles. The van der Waals surface area contributed by atoms with Crippen LogP contribution in [0.2, 0.25) is 0 Å². The molecule has 2 aromatic heterocycles. The fourth-order valence-electron chi connectivity index (χ4n) is 10.2. The van der Waals surface area contributed by atoms with E-state index in [9.17, 15) is 105 Å². The molecule has 3 atom stereocenters. The summed E-state index contributed by atoms with van der Waals surface area (Å²) >= 11 is 62.9. The molecule has 0 saturated heterocycles. The van der Waals surface area contributed by atoms with Gasteiger partial charge in [-0.1, -0.05) is 27.7 Å². The number of carbonyl (C=O) groups excluding carboxylic acids is 16. The molecule has 0 radical (unpaired) electrons. The number of ether oxygens (including phenoxy) is 13. The van der Waals surface area contributed by atoms with Crippen LogP contribution >= 0.6 is 202 Å². The summed E-state index contributed by atoms with van der Waals surface area (Å²) in [6, 6.07) is 4.67. The minimum atomic E-state index is -1.28. The zero-order valence-electron chi connectivity index (χ0n) is 76.7. The molecule has 0 saturated carbocycles. The van der Waals surface area contributed by atoms with Gasteiger partial charge in [-0.05, 0) is 49.0 Å². The van der Waals surface area contributed by atoms with Crippen LogP contribution < -0.4 is 39.5 Å². The molecule has 0 spiro atoms. The lowest BCUT2D eigenvalue weighted by atomic mass is 9.88. The lowest BCUT2D eigenvalue weighted by molar-refractivity contribution is -0.168. The van der Waals surface area contributed by atoms with Crippen molar-refractivity contribution in [3.8, 4) is 0 Å². The molecule has 0 bridgehead atoms. The third-order valence-electron chi connectivity index (χ3n) is 17.4. The number of amides is 1. The summed E-state index contributed by atoms with van der Waals surface area (Å²) in [4.78, 5) is 263. The number of aromatic nitrogens is 6. The van der Waals surface area contributed by atoms with Crippen LogP contribution in [-0.2, 0) is 163 Å². The summed E-state index contributed by atoms with van der Waals surface area (Å²) < 4.78 is 69.5. The molecule has 3 rings (SSSR count). The maximum Gasteiger partial charge on any atom is 0.336 e. The second-order valence-corrected chi connectivity index (χ2v) is 36.4. The number of rotatable bonds is 63. The topological polar surface area (TPSA) is 537 Å². The molecule has 0 fully saturated rings. The monoisotopic (exact) mass is 2270 g/mol. The number of hydrogen-bond donors (Lipinski definition) is 17. The molecule has 42 nitrogen and oxygen atoms in total. The zero-order valence-corrected chi connectivity index (χ0v) is 91.0. The Kier molecular flexibility index (Phi) is 76.4. The largest absolute Gasteiger partial charge is 0.464 e. The number of hydrogen-bond acceptors (Lipinski definition) is 51. The second-order valence-electron chi connectivity index (χ2n) is 28.9. The van der Waals surface area contributed by atoms with Crippen LogP contribution in [0.1, 0.15) is 129 Å². The molecule has 3 aromatic rings. The van der Waals surface area contributed by atoms with Crippen molar-refractivity contribution in [2.45, 2.75) is 153 Å². The van der Waals surface area contributed by atoms with Gasteiger partial charge in [0.25, 0.3) is 5.91 Å². The predicted octanol–water partition coefficient (Wildman–Crippen LogP) is 2.49. The Bertz CT molecular complexity index is 4250. The van der Waals surface area contributed by atoms with Crippen LogP contribution in [-0.4, -0.2) is 305 Å². The van der Waals surface area contributed by atoms with E-state index in [2.05, 4.69) is 207 Å². The van der Waals surface area contributed by atoms with Crippen LogP contribution in [0.15, 0.2) is 47.0 Å². The first-order valence-electron chi connectivity index (χ1n) is 42.2. The van der Waals surface area contributed by atoms with Crippen LogP contribution in [0.4, 0.5) is 0 Å². The van der Waals surface area contributed by atoms with Crippen molar-refractivity contribution < 1.29 is 138 Å². The van der Waals surface area contributed by atoms with Crippen LogP contribution in [0.5, 0.6) is 0 Å². The van der Waals surface area contributed by atoms with Gasteiger partial charge in [0.05, 0.1) is 123 Å². The third-order valence-corrected chi connectivity index (χ3v) is 21.2. The molecule has 139 heavy (non-hydrogen) atoms. The zero-order chi connectivity index (χ0) is 106. The maximum atomic E-state index is 12.9. The summed E-state index contributed by atoms with van der Waals surface area (Å²) in [5, 5.41) is 2.00. The van der Waals surface area contributed by atoms with Gasteiger partial charge in [-0.2, -0.15) is 202 Å². The highest BCUT2D eigenvalue weighted by Crippen LogP contribution is 2.26. The van der Waals surface area contributed by atoms with Crippen molar-refractivity contribution >= 4 is 297 Å². The van der Waals surface area contributed by atoms with E-state index < -0.39 is 123 Å². The van der Waals surface area contributed by atoms with Gasteiger partial charge in [-0.3, -0.25) is 76.7 Å². The fraction of sp³-hybridized carbons (Fsp3) is 0.654. The minimum Gasteiger partial charge on any atom is -0.464 e. The van der Waals surface area contributed by atoms with Crippen LogP contribution in [0, 0.1) is 10.8 Å². The first-order valence-corrected chi connectivity index (χ1v) is 52.0. The van der Waals surface area contributed by atoms with E-state index >= 15 is 0 Å². The van der Waals surface area contributed by atoms with E-state index in [0.717, 1.165) is 27.4 Å². The molecule has 2 heterocycles. The van der Waals surface area contributed by atoms with Crippen molar-refractivity contribution in [1.82, 2.24) is 32.7 Å². The number of ketones is 2. The molecule has 1 aromatic carbocycles. The third kappa shape index (κ3) is 58.9. The normalized spacial score (nSPS) is 11.4. The number of carbonyl (C=O) groups is 16. The Labute approximate surface area is 889 Å². The number of esters is 13. The first-order chi connectivity index (χ1) is 65.9. The van der Waals surface area contributed by atoms with Crippen molar-refractivity contribution in [3.63, 3.8) is 0 Å². The van der Waals surface area contributed by atoms with Crippen LogP contribution in [0.3, 0.4) is 0 Å². The van der Waals surface area contributed by atoms with Crippen molar-refractivity contribution in [2.75, 3.05) is 167 Å². The van der Waals surface area contributed by atoms with Crippen LogP contribution in [0.25, 0.3) is 0 Å². The van der Waals surface area contributed by atoms with Gasteiger partial charge in [0, 0.05) is 74.8 Å². The van der Waals surface area contributed by atoms with Gasteiger partial charge in [0.2, 0.25) is 0 Å². The van der Waals surface area contributed by atoms with E-state index in [1.54, 1.807) is 39.0 Å². The first kappa shape index (κ1) is 135. The second kappa shape index (κ2) is 78.9. The average molecular weight is 2270 g/mol. The Morgan fingerprint density at radius 1 is 0.281 bits per heavy atom. The quantitative estimate of drug-likeness (QED) is 0.0167. The number of thiol groups is 16. The molecular formula is C81H123N7O35S16. The molecule has 3 unspecified atom stereocenters. The molecule has 0 aliphatic heterocycles. The van der Waals surface area contributed by atoms with E-state index in [0.29, 0.717) is 72.6 Å². The van der Waals surface area contributed by atoms with Crippen molar-refractivity contribution in [1.29, 1.82) is 0 Å². The Hall–Kier alpha value is -6.44. The fourth-order valence-corrected chi connectivity index (χ4v) is 12.2.